The molecule has 0 aromatic heterocycles. The molecule has 0 rings (SSSR count). The number of rotatable bonds is 6. The van der Waals surface area contributed by atoms with Gasteiger partial charge in [0, 0.05) is 0 Å². The second-order valence-electron chi connectivity index (χ2n) is 3.38. The third-order valence-electron chi connectivity index (χ3n) is 1.73. The first-order valence-electron chi connectivity index (χ1n) is 4.59. The summed E-state index contributed by atoms with van der Waals surface area (Å²) in [4.78, 5) is 0. The van der Waals surface area contributed by atoms with Crippen LogP contribution in [0.25, 0.3) is 0 Å². The van der Waals surface area contributed by atoms with E-state index in [2.05, 4.69) is 20.8 Å². The lowest BCUT2D eigenvalue weighted by Crippen LogP contribution is -3.00. The highest BCUT2D eigenvalue weighted by Gasteiger charge is 1.95. The molecule has 11 heavy (non-hydrogen) atoms. The smallest absolute Gasteiger partial charge is 0.0549 e. The van der Waals surface area contributed by atoms with Gasteiger partial charge in [0.2, 0.25) is 0 Å². The Morgan fingerprint density at radius 2 is 1.82 bits per heavy atom. The van der Waals surface area contributed by atoms with Gasteiger partial charge in [0.25, 0.3) is 0 Å². The molecule has 1 unspecified atom stereocenters. The molecule has 0 aliphatic carbocycles. The quantitative estimate of drug-likeness (QED) is 0.373. The van der Waals surface area contributed by atoms with Gasteiger partial charge >= 0.3 is 0 Å². The van der Waals surface area contributed by atoms with Gasteiger partial charge in [-0.3, -0.25) is 0 Å². The van der Waals surface area contributed by atoms with Gasteiger partial charge in [-0.05, 0) is 34.3 Å². The Bertz CT molecular complexity index is 64.6. The molecule has 0 aromatic rings. The minimum Gasteiger partial charge on any atom is -1.00 e. The molecule has 0 aromatic carbocycles. The zero-order valence-electron chi connectivity index (χ0n) is 8.07. The molecule has 1 atom stereocenters. The van der Waals surface area contributed by atoms with Crippen LogP contribution in [0.15, 0.2) is 0 Å². The van der Waals surface area contributed by atoms with Gasteiger partial charge in [-0.25, -0.2) is 0 Å². The molecule has 0 saturated carbocycles. The van der Waals surface area contributed by atoms with E-state index in [-0.39, 0.29) is 24.0 Å². The Balaban J connectivity index is 0. The van der Waals surface area contributed by atoms with E-state index < -0.39 is 0 Å². The first-order chi connectivity index (χ1) is 4.77. The van der Waals surface area contributed by atoms with E-state index in [4.69, 9.17) is 0 Å². The van der Waals surface area contributed by atoms with Crippen molar-refractivity contribution < 1.29 is 24.0 Å². The average molecular weight is 288 g/mol. The second kappa shape index (κ2) is 11.2. The zero-order chi connectivity index (χ0) is 7.82. The third kappa shape index (κ3) is 14.1. The van der Waals surface area contributed by atoms with Gasteiger partial charge in [-0.15, -0.1) is 0 Å². The second-order valence-corrected chi connectivity index (χ2v) is 5.35. The van der Waals surface area contributed by atoms with Crippen LogP contribution in [0.4, 0.5) is 0 Å². The summed E-state index contributed by atoms with van der Waals surface area (Å²) in [5.74, 6) is 0.914. The van der Waals surface area contributed by atoms with Crippen LogP contribution in [0.1, 0.15) is 40.0 Å². The summed E-state index contributed by atoms with van der Waals surface area (Å²) >= 11 is 0. The van der Waals surface area contributed by atoms with Gasteiger partial charge in [-0.2, -0.15) is 0 Å². The number of unbranched alkanes of at least 4 members (excludes halogenated alkanes) is 1. The van der Waals surface area contributed by atoms with Gasteiger partial charge in [0.15, 0.2) is 0 Å². The topological polar surface area (TPSA) is 0 Å². The predicted octanol–water partition coefficient (Wildman–Crippen LogP) is 0.247. The minimum absolute atomic E-state index is 0. The first-order valence-corrected chi connectivity index (χ1v) is 6.22. The van der Waals surface area contributed by atoms with E-state index in [1.54, 1.807) is 0 Å². The van der Waals surface area contributed by atoms with Crippen molar-refractivity contribution in [1.29, 1.82) is 0 Å². The molecule has 2 heteroatoms. The van der Waals surface area contributed by atoms with Gasteiger partial charge in [-0.1, -0.05) is 20.3 Å². The average Bonchev–Trinajstić information content (AvgIpc) is 1.87. The predicted molar refractivity (Wildman–Crippen MR) is 53.8 cm³/mol. The highest BCUT2D eigenvalue weighted by molar-refractivity contribution is 7.37. The Morgan fingerprint density at radius 3 is 2.27 bits per heavy atom. The summed E-state index contributed by atoms with van der Waals surface area (Å²) in [7, 11) is 0.798. The summed E-state index contributed by atoms with van der Waals surface area (Å²) in [5, 5.41) is 0. The van der Waals surface area contributed by atoms with Gasteiger partial charge in [0.05, 0.1) is 12.3 Å². The van der Waals surface area contributed by atoms with Crippen LogP contribution < -0.4 is 24.0 Å². The van der Waals surface area contributed by atoms with Crippen molar-refractivity contribution in [2.24, 2.45) is 5.92 Å². The Kier molecular flexibility index (Phi) is 14.9. The summed E-state index contributed by atoms with van der Waals surface area (Å²) in [6, 6.07) is 0. The van der Waals surface area contributed by atoms with E-state index >= 15 is 0 Å². The number of hydrogen-bond acceptors (Lipinski definition) is 0. The monoisotopic (exact) mass is 288 g/mol. The fourth-order valence-corrected chi connectivity index (χ4v) is 2.03. The lowest BCUT2D eigenvalue weighted by molar-refractivity contribution is -0.00000240. The fourth-order valence-electron chi connectivity index (χ4n) is 1.05. The minimum atomic E-state index is 0. The molecule has 0 aliphatic heterocycles. The largest absolute Gasteiger partial charge is 1.00 e. The molecule has 0 aliphatic rings. The summed E-state index contributed by atoms with van der Waals surface area (Å²) in [5.41, 5.74) is 0. The molecule has 0 heterocycles. The summed E-state index contributed by atoms with van der Waals surface area (Å²) in [6.45, 7) is 6.93. The summed E-state index contributed by atoms with van der Waals surface area (Å²) in [6.07, 6.45) is 7.36. The molecule has 0 nitrogen and oxygen atoms in total. The van der Waals surface area contributed by atoms with Crippen LogP contribution in [-0.4, -0.2) is 12.3 Å². The normalized spacial score (nSPS) is 10.9. The van der Waals surface area contributed by atoms with Crippen molar-refractivity contribution in [3.63, 3.8) is 0 Å². The van der Waals surface area contributed by atoms with E-state index in [9.17, 15) is 0 Å². The van der Waals surface area contributed by atoms with Crippen LogP contribution in [0, 0.1) is 5.92 Å². The molecule has 0 spiro atoms. The molecule has 0 bridgehead atoms. The maximum atomic E-state index is 2.31. The van der Waals surface area contributed by atoms with Gasteiger partial charge in [0.1, 0.15) is 0 Å². The van der Waals surface area contributed by atoms with Crippen LogP contribution in [0.3, 0.4) is 0 Å². The molecule has 0 fully saturated rings. The Labute approximate surface area is 90.7 Å². The van der Waals surface area contributed by atoms with Crippen LogP contribution in [-0.2, 0) is 0 Å². The Morgan fingerprint density at radius 1 is 1.18 bits per heavy atom. The maximum absolute atomic E-state index is 2.31. The van der Waals surface area contributed by atoms with Crippen molar-refractivity contribution in [2.75, 3.05) is 12.3 Å². The standard InChI is InChI=1S/C9H21P.HI/c1-4-10-8-6-5-7-9(2)3;/h9-10H,4-8H2,1-3H3;1H. The summed E-state index contributed by atoms with van der Waals surface area (Å²) < 4.78 is 0. The highest BCUT2D eigenvalue weighted by Crippen LogP contribution is 2.14. The molecule has 0 radical (unpaired) electrons. The SMILES string of the molecule is CC[PH2+]CCCCC(C)C.[I-]. The highest BCUT2D eigenvalue weighted by atomic mass is 127. The van der Waals surface area contributed by atoms with Crippen molar-refractivity contribution in [1.82, 2.24) is 0 Å². The van der Waals surface area contributed by atoms with Gasteiger partial charge < -0.3 is 24.0 Å². The number of halogens is 1. The van der Waals surface area contributed by atoms with Crippen LogP contribution in [0.2, 0.25) is 0 Å². The zero-order valence-corrected chi connectivity index (χ0v) is 11.4. The van der Waals surface area contributed by atoms with Crippen molar-refractivity contribution in [2.45, 2.75) is 40.0 Å². The lowest BCUT2D eigenvalue weighted by Gasteiger charge is -2.00. The molecule has 0 amide bonds. The van der Waals surface area contributed by atoms with E-state index in [1.807, 2.05) is 0 Å². The van der Waals surface area contributed by atoms with Crippen molar-refractivity contribution in [3.05, 3.63) is 0 Å². The molecular formula is C9H22IP. The van der Waals surface area contributed by atoms with E-state index in [0.717, 1.165) is 14.5 Å². The third-order valence-corrected chi connectivity index (χ3v) is 3.12. The van der Waals surface area contributed by atoms with Crippen molar-refractivity contribution in [3.8, 4) is 0 Å². The Hall–Kier alpha value is 1.16. The van der Waals surface area contributed by atoms with E-state index in [0.29, 0.717) is 0 Å². The first kappa shape index (κ1) is 14.7. The fraction of sp³-hybridized carbons (Fsp3) is 1.00. The number of hydrogen-bond donors (Lipinski definition) is 0. The molecule has 0 saturated heterocycles. The van der Waals surface area contributed by atoms with Crippen LogP contribution in [0.5, 0.6) is 0 Å². The van der Waals surface area contributed by atoms with Crippen molar-refractivity contribution >= 4 is 8.58 Å². The molecular weight excluding hydrogens is 266 g/mol. The molecule has 0 N–H and O–H groups in total. The lowest BCUT2D eigenvalue weighted by atomic mass is 10.1. The maximum Gasteiger partial charge on any atom is 0.0549 e. The molecule has 70 valence electrons. The van der Waals surface area contributed by atoms with E-state index in [1.165, 1.54) is 31.6 Å². The van der Waals surface area contributed by atoms with Crippen LogP contribution >= 0.6 is 8.58 Å².